The highest BCUT2D eigenvalue weighted by molar-refractivity contribution is 7.99. The maximum atomic E-state index is 13.0. The van der Waals surface area contributed by atoms with Gasteiger partial charge in [0.15, 0.2) is 5.65 Å². The molecule has 0 saturated carbocycles. The number of hydrogen-bond acceptors (Lipinski definition) is 6. The summed E-state index contributed by atoms with van der Waals surface area (Å²) in [5.74, 6) is -2.55. The zero-order valence-electron chi connectivity index (χ0n) is 15.9. The Morgan fingerprint density at radius 3 is 2.66 bits per heavy atom. The van der Waals surface area contributed by atoms with Crippen molar-refractivity contribution in [2.75, 3.05) is 6.54 Å². The highest BCUT2D eigenvalue weighted by Crippen LogP contribution is 2.38. The summed E-state index contributed by atoms with van der Waals surface area (Å²) >= 11 is 1.11. The minimum atomic E-state index is -4.47. The lowest BCUT2D eigenvalue weighted by Crippen LogP contribution is -2.29. The largest absolute Gasteiger partial charge is 0.507 e. The summed E-state index contributed by atoms with van der Waals surface area (Å²) in [6.07, 6.45) is -3.31. The summed E-state index contributed by atoms with van der Waals surface area (Å²) < 4.78 is 40.4. The van der Waals surface area contributed by atoms with Gasteiger partial charge < -0.3 is 15.5 Å². The zero-order chi connectivity index (χ0) is 23.0. The number of aliphatic carboxylic acids is 1. The number of aromatic hydroxyl groups is 1. The molecular weight excluding hydrogens is 449 g/mol. The van der Waals surface area contributed by atoms with Crippen LogP contribution in [0.4, 0.5) is 13.2 Å². The molecule has 0 aliphatic rings. The van der Waals surface area contributed by atoms with Gasteiger partial charge in [-0.1, -0.05) is 30.0 Å². The van der Waals surface area contributed by atoms with Crippen LogP contribution in [0, 0.1) is 0 Å². The van der Waals surface area contributed by atoms with Crippen LogP contribution in [-0.4, -0.2) is 43.2 Å². The topological polar surface area (TPSA) is 117 Å². The van der Waals surface area contributed by atoms with Gasteiger partial charge in [0.05, 0.1) is 5.56 Å². The first-order chi connectivity index (χ1) is 15.1. The Morgan fingerprint density at radius 2 is 1.94 bits per heavy atom. The Morgan fingerprint density at radius 1 is 1.16 bits per heavy atom. The molecule has 0 bridgehead atoms. The number of nitrogens with one attached hydrogen (secondary N) is 1. The second-order valence-electron chi connectivity index (χ2n) is 6.61. The molecule has 164 valence electrons. The molecule has 0 atom stereocenters. The molecule has 0 spiro atoms. The molecule has 0 radical (unpaired) electrons. The van der Waals surface area contributed by atoms with E-state index in [1.54, 1.807) is 18.2 Å². The van der Waals surface area contributed by atoms with Gasteiger partial charge in [-0.2, -0.15) is 18.3 Å². The van der Waals surface area contributed by atoms with E-state index < -0.39 is 35.9 Å². The van der Waals surface area contributed by atoms with Gasteiger partial charge in [0, 0.05) is 11.0 Å². The predicted molar refractivity (Wildman–Crippen MR) is 108 cm³/mol. The van der Waals surface area contributed by atoms with Crippen LogP contribution in [0.5, 0.6) is 5.75 Å². The smallest absolute Gasteiger partial charge is 0.416 e. The van der Waals surface area contributed by atoms with E-state index in [1.807, 2.05) is 0 Å². The molecule has 1 amide bonds. The van der Waals surface area contributed by atoms with E-state index in [0.29, 0.717) is 20.7 Å². The number of carbonyl (C=O) groups is 2. The second-order valence-corrected chi connectivity index (χ2v) is 7.67. The van der Waals surface area contributed by atoms with Gasteiger partial charge in [-0.3, -0.25) is 9.59 Å². The number of rotatable bonds is 5. The Hall–Kier alpha value is -3.80. The number of hydrogen-bond donors (Lipinski definition) is 3. The summed E-state index contributed by atoms with van der Waals surface area (Å²) in [7, 11) is 0. The number of carboxylic acid groups (broad SMARTS) is 1. The van der Waals surface area contributed by atoms with Crippen LogP contribution < -0.4 is 5.32 Å². The molecule has 0 aliphatic heterocycles. The fourth-order valence-corrected chi connectivity index (χ4v) is 4.16. The van der Waals surface area contributed by atoms with Crippen molar-refractivity contribution in [3.63, 3.8) is 0 Å². The van der Waals surface area contributed by atoms with Crippen molar-refractivity contribution in [2.24, 2.45) is 0 Å². The Bertz CT molecular complexity index is 1370. The molecule has 4 rings (SSSR count). The number of halogens is 3. The van der Waals surface area contributed by atoms with Crippen molar-refractivity contribution >= 4 is 40.1 Å². The summed E-state index contributed by atoms with van der Waals surface area (Å²) in [5.41, 5.74) is -1.02. The maximum Gasteiger partial charge on any atom is 0.416 e. The fraction of sp³-hybridized carbons (Fsp3) is 0.100. The molecule has 2 aromatic carbocycles. The van der Waals surface area contributed by atoms with Gasteiger partial charge in [-0.25, -0.2) is 9.50 Å². The number of carboxylic acids is 1. The van der Waals surface area contributed by atoms with E-state index in [0.717, 1.165) is 30.2 Å². The van der Waals surface area contributed by atoms with Gasteiger partial charge in [0.25, 0.3) is 5.91 Å². The summed E-state index contributed by atoms with van der Waals surface area (Å²) in [6.45, 7) is -0.648. The summed E-state index contributed by atoms with van der Waals surface area (Å²) in [4.78, 5) is 27.6. The van der Waals surface area contributed by atoms with E-state index in [1.165, 1.54) is 16.6 Å². The normalized spacial score (nSPS) is 11.7. The van der Waals surface area contributed by atoms with Crippen LogP contribution in [-0.2, 0) is 11.0 Å². The monoisotopic (exact) mass is 462 g/mol. The lowest BCUT2D eigenvalue weighted by Gasteiger charge is -2.12. The Kier molecular flexibility index (Phi) is 5.38. The van der Waals surface area contributed by atoms with Gasteiger partial charge in [0.2, 0.25) is 0 Å². The quantitative estimate of drug-likeness (QED) is 0.415. The molecule has 0 aliphatic carbocycles. The standard InChI is InChI=1S/C20H13F3N4O4S/c21-20(22,23)11-4-5-12-10(6-11)2-1-3-14(12)32-15-7-13(28)17(18-25-9-26-27(15)18)19(31)24-8-16(29)30/h1-7,9,28H,8H2,(H,24,31)(H,29,30). The van der Waals surface area contributed by atoms with Crippen LogP contribution in [0.15, 0.2) is 58.7 Å². The van der Waals surface area contributed by atoms with Gasteiger partial charge >= 0.3 is 12.1 Å². The van der Waals surface area contributed by atoms with Gasteiger partial charge in [-0.05, 0) is 29.0 Å². The molecule has 0 fully saturated rings. The average Bonchev–Trinajstić information content (AvgIpc) is 3.21. The molecule has 2 heterocycles. The minimum absolute atomic E-state index is 0.00465. The SMILES string of the molecule is O=C(O)CNC(=O)c1c(O)cc(Sc2cccc3cc(C(F)(F)F)ccc23)n2ncnc12. The number of fused-ring (bicyclic) bond motifs is 2. The molecule has 4 aromatic rings. The lowest BCUT2D eigenvalue weighted by atomic mass is 10.1. The van der Waals surface area contributed by atoms with E-state index in [9.17, 15) is 27.9 Å². The number of carbonyl (C=O) groups excluding carboxylic acids is 1. The van der Waals surface area contributed by atoms with Crippen molar-refractivity contribution in [3.05, 3.63) is 59.9 Å². The zero-order valence-corrected chi connectivity index (χ0v) is 16.7. The van der Waals surface area contributed by atoms with E-state index in [2.05, 4.69) is 15.4 Å². The summed E-state index contributed by atoms with van der Waals surface area (Å²) in [6, 6.07) is 9.54. The molecule has 3 N–H and O–H groups in total. The molecule has 32 heavy (non-hydrogen) atoms. The van der Waals surface area contributed by atoms with Crippen LogP contribution in [0.3, 0.4) is 0 Å². The third-order valence-electron chi connectivity index (χ3n) is 4.51. The Balaban J connectivity index is 1.75. The highest BCUT2D eigenvalue weighted by Gasteiger charge is 2.30. The van der Waals surface area contributed by atoms with Gasteiger partial charge in [-0.15, -0.1) is 0 Å². The predicted octanol–water partition coefficient (Wildman–Crippen LogP) is 3.57. The molecule has 0 unspecified atom stereocenters. The van der Waals surface area contributed by atoms with Crippen LogP contribution in [0.1, 0.15) is 15.9 Å². The third kappa shape index (κ3) is 4.04. The van der Waals surface area contributed by atoms with Crippen molar-refractivity contribution < 1.29 is 33.0 Å². The maximum absolute atomic E-state index is 13.0. The first kappa shape index (κ1) is 21.4. The van der Waals surface area contributed by atoms with E-state index in [4.69, 9.17) is 5.11 Å². The van der Waals surface area contributed by atoms with E-state index in [-0.39, 0.29) is 11.2 Å². The van der Waals surface area contributed by atoms with Crippen LogP contribution >= 0.6 is 11.8 Å². The van der Waals surface area contributed by atoms with Crippen molar-refractivity contribution in [1.82, 2.24) is 19.9 Å². The lowest BCUT2D eigenvalue weighted by molar-refractivity contribution is -0.137. The number of nitrogens with zero attached hydrogens (tertiary/aromatic N) is 3. The molecule has 0 saturated heterocycles. The number of aromatic nitrogens is 3. The minimum Gasteiger partial charge on any atom is -0.507 e. The Labute approximate surface area is 181 Å². The first-order valence-corrected chi connectivity index (χ1v) is 9.80. The fourth-order valence-electron chi connectivity index (χ4n) is 3.10. The molecule has 2 aromatic heterocycles. The summed E-state index contributed by atoms with van der Waals surface area (Å²) in [5, 5.41) is 26.7. The molecule has 8 nitrogen and oxygen atoms in total. The highest BCUT2D eigenvalue weighted by atomic mass is 32.2. The molecular formula is C20H13F3N4O4S. The third-order valence-corrected chi connectivity index (χ3v) is 5.58. The van der Waals surface area contributed by atoms with Crippen molar-refractivity contribution in [3.8, 4) is 5.75 Å². The average molecular weight is 462 g/mol. The second kappa shape index (κ2) is 8.04. The number of amides is 1. The van der Waals surface area contributed by atoms with Crippen LogP contribution in [0.25, 0.3) is 16.4 Å². The van der Waals surface area contributed by atoms with Crippen molar-refractivity contribution in [1.29, 1.82) is 0 Å². The van der Waals surface area contributed by atoms with E-state index >= 15 is 0 Å². The molecule has 12 heteroatoms. The number of alkyl halides is 3. The number of pyridine rings is 1. The van der Waals surface area contributed by atoms with Crippen molar-refractivity contribution in [2.45, 2.75) is 16.1 Å². The number of benzene rings is 2. The van der Waals surface area contributed by atoms with Crippen LogP contribution in [0.2, 0.25) is 0 Å². The first-order valence-electron chi connectivity index (χ1n) is 8.98. The van der Waals surface area contributed by atoms with Gasteiger partial charge in [0.1, 0.15) is 29.2 Å².